The zero-order valence-corrected chi connectivity index (χ0v) is 7.55. The predicted octanol–water partition coefficient (Wildman–Crippen LogP) is 0.487. The lowest BCUT2D eigenvalue weighted by Crippen LogP contribution is -2.48. The summed E-state index contributed by atoms with van der Waals surface area (Å²) in [5.74, 6) is 0. The molecule has 4 heteroatoms. The van der Waals surface area contributed by atoms with E-state index in [9.17, 15) is 4.79 Å². The minimum Gasteiger partial charge on any atom is -0.352 e. The van der Waals surface area contributed by atoms with Crippen LogP contribution in [-0.2, 0) is 0 Å². The number of hydrogen-bond donors (Lipinski definition) is 2. The lowest BCUT2D eigenvalue weighted by atomic mass is 10.3. The van der Waals surface area contributed by atoms with Crippen LogP contribution in [0.4, 0.5) is 4.79 Å². The molecule has 2 amide bonds. The number of primary amides is 1. The average molecular weight is 171 g/mol. The molecular weight excluding hydrogens is 154 g/mol. The molecule has 4 nitrogen and oxygen atoms in total. The molecule has 0 radical (unpaired) electrons. The molecule has 0 aromatic carbocycles. The third kappa shape index (κ3) is 2.37. The van der Waals surface area contributed by atoms with Gasteiger partial charge in [0.15, 0.2) is 0 Å². The van der Waals surface area contributed by atoms with Crippen molar-refractivity contribution in [2.75, 3.05) is 13.1 Å². The second-order valence-corrected chi connectivity index (χ2v) is 3.18. The van der Waals surface area contributed by atoms with Gasteiger partial charge in [-0.1, -0.05) is 6.92 Å². The third-order valence-electron chi connectivity index (χ3n) is 2.28. The van der Waals surface area contributed by atoms with E-state index in [2.05, 4.69) is 17.1 Å². The fraction of sp³-hybridized carbons (Fsp3) is 0.875. The SMILES string of the molecule is CCC(NC(N)=O)N1CCCC1. The summed E-state index contributed by atoms with van der Waals surface area (Å²) in [5, 5.41) is 2.74. The molecule has 1 heterocycles. The van der Waals surface area contributed by atoms with Gasteiger partial charge in [-0.2, -0.15) is 0 Å². The maximum absolute atomic E-state index is 10.6. The Labute approximate surface area is 73.1 Å². The van der Waals surface area contributed by atoms with Gasteiger partial charge >= 0.3 is 6.03 Å². The summed E-state index contributed by atoms with van der Waals surface area (Å²) in [6, 6.07) is -0.422. The number of amides is 2. The Hall–Kier alpha value is -0.770. The van der Waals surface area contributed by atoms with Crippen LogP contribution in [-0.4, -0.2) is 30.2 Å². The van der Waals surface area contributed by atoms with E-state index in [0.717, 1.165) is 19.5 Å². The first-order valence-electron chi connectivity index (χ1n) is 4.54. The van der Waals surface area contributed by atoms with Crippen molar-refractivity contribution in [3.8, 4) is 0 Å². The highest BCUT2D eigenvalue weighted by atomic mass is 16.2. The Morgan fingerprint density at radius 1 is 1.58 bits per heavy atom. The van der Waals surface area contributed by atoms with Gasteiger partial charge in [-0.15, -0.1) is 0 Å². The van der Waals surface area contributed by atoms with Crippen LogP contribution in [0.15, 0.2) is 0 Å². The first-order chi connectivity index (χ1) is 5.74. The van der Waals surface area contributed by atoms with Gasteiger partial charge in [0.25, 0.3) is 0 Å². The molecule has 0 saturated carbocycles. The molecule has 0 aliphatic carbocycles. The molecule has 70 valence electrons. The van der Waals surface area contributed by atoms with Gasteiger partial charge in [0.2, 0.25) is 0 Å². The summed E-state index contributed by atoms with van der Waals surface area (Å²) in [7, 11) is 0. The number of rotatable bonds is 3. The minimum atomic E-state index is -0.422. The van der Waals surface area contributed by atoms with Gasteiger partial charge in [0.05, 0.1) is 6.17 Å². The number of nitrogens with two attached hydrogens (primary N) is 1. The van der Waals surface area contributed by atoms with E-state index in [0.29, 0.717) is 0 Å². The summed E-state index contributed by atoms with van der Waals surface area (Å²) < 4.78 is 0. The largest absolute Gasteiger partial charge is 0.352 e. The summed E-state index contributed by atoms with van der Waals surface area (Å²) in [6.07, 6.45) is 3.53. The average Bonchev–Trinajstić information content (AvgIpc) is 2.51. The highest BCUT2D eigenvalue weighted by Gasteiger charge is 2.20. The van der Waals surface area contributed by atoms with E-state index in [1.165, 1.54) is 12.8 Å². The molecule has 0 bridgehead atoms. The van der Waals surface area contributed by atoms with Crippen molar-refractivity contribution in [3.05, 3.63) is 0 Å². The topological polar surface area (TPSA) is 58.4 Å². The number of carbonyl (C=O) groups is 1. The Bertz CT molecular complexity index is 154. The van der Waals surface area contributed by atoms with Crippen molar-refractivity contribution in [1.29, 1.82) is 0 Å². The molecule has 0 spiro atoms. The fourth-order valence-corrected chi connectivity index (χ4v) is 1.67. The monoisotopic (exact) mass is 171 g/mol. The van der Waals surface area contributed by atoms with E-state index < -0.39 is 6.03 Å². The van der Waals surface area contributed by atoms with Crippen LogP contribution in [0.2, 0.25) is 0 Å². The van der Waals surface area contributed by atoms with Crippen LogP contribution in [0, 0.1) is 0 Å². The predicted molar refractivity (Wildman–Crippen MR) is 47.6 cm³/mol. The summed E-state index contributed by atoms with van der Waals surface area (Å²) >= 11 is 0. The van der Waals surface area contributed by atoms with E-state index in [4.69, 9.17) is 5.73 Å². The highest BCUT2D eigenvalue weighted by Crippen LogP contribution is 2.11. The molecule has 1 unspecified atom stereocenters. The molecule has 1 fully saturated rings. The number of carbonyl (C=O) groups excluding carboxylic acids is 1. The molecule has 1 atom stereocenters. The molecule has 3 N–H and O–H groups in total. The summed E-state index contributed by atoms with van der Waals surface area (Å²) in [4.78, 5) is 12.9. The van der Waals surface area contributed by atoms with Crippen molar-refractivity contribution in [3.63, 3.8) is 0 Å². The van der Waals surface area contributed by atoms with Crippen molar-refractivity contribution < 1.29 is 4.79 Å². The Morgan fingerprint density at radius 2 is 2.17 bits per heavy atom. The van der Waals surface area contributed by atoms with Crippen molar-refractivity contribution >= 4 is 6.03 Å². The van der Waals surface area contributed by atoms with Gasteiger partial charge in [0.1, 0.15) is 0 Å². The lowest BCUT2D eigenvalue weighted by Gasteiger charge is -2.26. The van der Waals surface area contributed by atoms with Gasteiger partial charge in [-0.05, 0) is 19.3 Å². The highest BCUT2D eigenvalue weighted by molar-refractivity contribution is 5.71. The molecule has 1 aliphatic heterocycles. The number of nitrogens with zero attached hydrogens (tertiary/aromatic N) is 1. The van der Waals surface area contributed by atoms with Crippen LogP contribution in [0.3, 0.4) is 0 Å². The Morgan fingerprint density at radius 3 is 2.58 bits per heavy atom. The Kier molecular flexibility index (Phi) is 3.34. The van der Waals surface area contributed by atoms with E-state index in [1.54, 1.807) is 0 Å². The van der Waals surface area contributed by atoms with E-state index in [-0.39, 0.29) is 6.17 Å². The standard InChI is InChI=1S/C8H17N3O/c1-2-7(10-8(9)12)11-5-3-4-6-11/h7H,2-6H2,1H3,(H3,9,10,12). The van der Waals surface area contributed by atoms with Gasteiger partial charge < -0.3 is 11.1 Å². The number of urea groups is 1. The van der Waals surface area contributed by atoms with Crippen LogP contribution < -0.4 is 11.1 Å². The summed E-state index contributed by atoms with van der Waals surface area (Å²) in [5.41, 5.74) is 5.06. The molecule has 1 rings (SSSR count). The number of hydrogen-bond acceptors (Lipinski definition) is 2. The van der Waals surface area contributed by atoms with E-state index >= 15 is 0 Å². The minimum absolute atomic E-state index is 0.144. The van der Waals surface area contributed by atoms with Crippen molar-refractivity contribution in [1.82, 2.24) is 10.2 Å². The maximum atomic E-state index is 10.6. The fourth-order valence-electron chi connectivity index (χ4n) is 1.67. The van der Waals surface area contributed by atoms with E-state index in [1.807, 2.05) is 0 Å². The first kappa shape index (κ1) is 9.32. The van der Waals surface area contributed by atoms with Crippen molar-refractivity contribution in [2.24, 2.45) is 5.73 Å². The zero-order chi connectivity index (χ0) is 8.97. The third-order valence-corrected chi connectivity index (χ3v) is 2.28. The molecule has 1 aliphatic rings. The maximum Gasteiger partial charge on any atom is 0.313 e. The molecule has 0 aromatic rings. The van der Waals surface area contributed by atoms with Crippen LogP contribution in [0.5, 0.6) is 0 Å². The number of nitrogens with one attached hydrogen (secondary N) is 1. The summed E-state index contributed by atoms with van der Waals surface area (Å²) in [6.45, 7) is 4.22. The smallest absolute Gasteiger partial charge is 0.313 e. The molecule has 0 aromatic heterocycles. The molecule has 12 heavy (non-hydrogen) atoms. The Balaban J connectivity index is 2.37. The normalized spacial score (nSPS) is 20.8. The number of likely N-dealkylation sites (tertiary alicyclic amines) is 1. The van der Waals surface area contributed by atoms with Gasteiger partial charge in [-0.25, -0.2) is 4.79 Å². The lowest BCUT2D eigenvalue weighted by molar-refractivity contribution is 0.192. The second kappa shape index (κ2) is 4.30. The van der Waals surface area contributed by atoms with Gasteiger partial charge in [-0.3, -0.25) is 4.90 Å². The van der Waals surface area contributed by atoms with Crippen molar-refractivity contribution in [2.45, 2.75) is 32.4 Å². The van der Waals surface area contributed by atoms with Gasteiger partial charge in [0, 0.05) is 13.1 Å². The molecule has 1 saturated heterocycles. The quantitative estimate of drug-likeness (QED) is 0.649. The van der Waals surface area contributed by atoms with Crippen LogP contribution in [0.25, 0.3) is 0 Å². The van der Waals surface area contributed by atoms with Crippen LogP contribution >= 0.6 is 0 Å². The van der Waals surface area contributed by atoms with Crippen LogP contribution in [0.1, 0.15) is 26.2 Å². The zero-order valence-electron chi connectivity index (χ0n) is 7.55. The second-order valence-electron chi connectivity index (χ2n) is 3.18. The first-order valence-corrected chi connectivity index (χ1v) is 4.54. The molecular formula is C8H17N3O.